The van der Waals surface area contributed by atoms with Crippen LogP contribution in [0.4, 0.5) is 4.79 Å². The minimum Gasteiger partial charge on any atom is -0.476 e. The molecule has 0 bridgehead atoms. The highest BCUT2D eigenvalue weighted by atomic mass is 32.1. The zero-order valence-corrected chi connectivity index (χ0v) is 12.3. The van der Waals surface area contributed by atoms with Crippen molar-refractivity contribution in [1.29, 1.82) is 0 Å². The Bertz CT molecular complexity index is 473. The van der Waals surface area contributed by atoms with Crippen LogP contribution in [0.2, 0.25) is 0 Å². The fourth-order valence-electron chi connectivity index (χ4n) is 1.61. The number of carbonyl (C=O) groups excluding carboxylic acids is 1. The van der Waals surface area contributed by atoms with E-state index in [9.17, 15) is 9.59 Å². The lowest BCUT2D eigenvalue weighted by Crippen LogP contribution is -2.41. The maximum absolute atomic E-state index is 11.9. The summed E-state index contributed by atoms with van der Waals surface area (Å²) in [5.74, 6) is -1.03. The molecule has 7 heteroatoms. The molecule has 2 N–H and O–H groups in total. The van der Waals surface area contributed by atoms with E-state index in [4.69, 9.17) is 5.11 Å². The molecular weight excluding hydrogens is 278 g/mol. The van der Waals surface area contributed by atoms with E-state index in [1.807, 2.05) is 6.92 Å². The molecule has 0 aromatic carbocycles. The van der Waals surface area contributed by atoms with Crippen LogP contribution in [0.25, 0.3) is 0 Å². The van der Waals surface area contributed by atoms with Gasteiger partial charge in [0, 0.05) is 31.4 Å². The quantitative estimate of drug-likeness (QED) is 0.719. The number of urea groups is 1. The van der Waals surface area contributed by atoms with Crippen molar-refractivity contribution in [3.8, 4) is 0 Å². The lowest BCUT2D eigenvalue weighted by molar-refractivity contribution is 0.0691. The number of aromatic carboxylic acids is 1. The molecule has 1 rings (SSSR count). The van der Waals surface area contributed by atoms with Crippen LogP contribution in [0.1, 0.15) is 28.8 Å². The molecule has 0 aliphatic rings. The van der Waals surface area contributed by atoms with Crippen LogP contribution in [0, 0.1) is 0 Å². The van der Waals surface area contributed by atoms with E-state index in [0.717, 1.165) is 6.42 Å². The number of carboxylic acids is 1. The minimum absolute atomic E-state index is 0.0515. The molecule has 0 aliphatic heterocycles. The first-order valence-electron chi connectivity index (χ1n) is 6.39. The number of thiazole rings is 1. The highest BCUT2D eigenvalue weighted by molar-refractivity contribution is 7.09. The molecule has 110 valence electrons. The number of aromatic nitrogens is 1. The van der Waals surface area contributed by atoms with Crippen LogP contribution in [-0.2, 0) is 6.42 Å². The van der Waals surface area contributed by atoms with Gasteiger partial charge in [-0.25, -0.2) is 14.6 Å². The summed E-state index contributed by atoms with van der Waals surface area (Å²) in [5, 5.41) is 13.8. The first-order chi connectivity index (χ1) is 9.58. The van der Waals surface area contributed by atoms with Gasteiger partial charge in [-0.1, -0.05) is 13.0 Å². The molecule has 0 saturated carbocycles. The number of nitrogens with one attached hydrogen (secondary N) is 1. The number of nitrogens with zero attached hydrogens (tertiary/aromatic N) is 2. The second-order valence-corrected chi connectivity index (χ2v) is 5.09. The SMILES string of the molecule is C=CCN(CCC)C(=O)NCCc1nc(C(=O)O)cs1. The summed E-state index contributed by atoms with van der Waals surface area (Å²) < 4.78 is 0. The van der Waals surface area contributed by atoms with E-state index in [1.165, 1.54) is 16.7 Å². The summed E-state index contributed by atoms with van der Waals surface area (Å²) in [7, 11) is 0. The highest BCUT2D eigenvalue weighted by Crippen LogP contribution is 2.09. The van der Waals surface area contributed by atoms with E-state index in [1.54, 1.807) is 11.0 Å². The lowest BCUT2D eigenvalue weighted by atomic mass is 10.4. The fourth-order valence-corrected chi connectivity index (χ4v) is 2.39. The monoisotopic (exact) mass is 297 g/mol. The van der Waals surface area contributed by atoms with Gasteiger partial charge in [0.15, 0.2) is 5.69 Å². The van der Waals surface area contributed by atoms with Gasteiger partial charge in [0.2, 0.25) is 0 Å². The Morgan fingerprint density at radius 2 is 2.35 bits per heavy atom. The molecule has 0 saturated heterocycles. The lowest BCUT2D eigenvalue weighted by Gasteiger charge is -2.20. The smallest absolute Gasteiger partial charge is 0.355 e. The van der Waals surface area contributed by atoms with Gasteiger partial charge in [-0.05, 0) is 6.42 Å². The third kappa shape index (κ3) is 5.00. The summed E-state index contributed by atoms with van der Waals surface area (Å²) in [5.41, 5.74) is 0.0515. The van der Waals surface area contributed by atoms with Crippen molar-refractivity contribution in [2.45, 2.75) is 19.8 Å². The first-order valence-corrected chi connectivity index (χ1v) is 7.27. The van der Waals surface area contributed by atoms with Crippen molar-refractivity contribution in [3.63, 3.8) is 0 Å². The summed E-state index contributed by atoms with van der Waals surface area (Å²) in [4.78, 5) is 28.2. The van der Waals surface area contributed by atoms with Crippen molar-refractivity contribution < 1.29 is 14.7 Å². The van der Waals surface area contributed by atoms with Gasteiger partial charge < -0.3 is 15.3 Å². The van der Waals surface area contributed by atoms with Gasteiger partial charge in [0.1, 0.15) is 0 Å². The summed E-state index contributed by atoms with van der Waals surface area (Å²) in [6.45, 7) is 7.26. The van der Waals surface area contributed by atoms with Crippen molar-refractivity contribution in [1.82, 2.24) is 15.2 Å². The van der Waals surface area contributed by atoms with Crippen molar-refractivity contribution in [3.05, 3.63) is 28.7 Å². The highest BCUT2D eigenvalue weighted by Gasteiger charge is 2.11. The topological polar surface area (TPSA) is 82.5 Å². The molecule has 1 heterocycles. The Morgan fingerprint density at radius 1 is 1.60 bits per heavy atom. The third-order valence-corrected chi connectivity index (χ3v) is 3.42. The van der Waals surface area contributed by atoms with Crippen molar-refractivity contribution in [2.24, 2.45) is 0 Å². The van der Waals surface area contributed by atoms with Crippen LogP contribution >= 0.6 is 11.3 Å². The number of amides is 2. The summed E-state index contributed by atoms with van der Waals surface area (Å²) in [6.07, 6.45) is 3.10. The molecule has 0 fully saturated rings. The number of hydrogen-bond acceptors (Lipinski definition) is 4. The van der Waals surface area contributed by atoms with E-state index < -0.39 is 5.97 Å². The van der Waals surface area contributed by atoms with Gasteiger partial charge in [-0.3, -0.25) is 0 Å². The Balaban J connectivity index is 2.39. The maximum atomic E-state index is 11.9. The van der Waals surface area contributed by atoms with Gasteiger partial charge in [0.25, 0.3) is 0 Å². The Hall–Kier alpha value is -1.89. The summed E-state index contributed by atoms with van der Waals surface area (Å²) in [6, 6.07) is -0.137. The van der Waals surface area contributed by atoms with Crippen LogP contribution in [0.5, 0.6) is 0 Å². The normalized spacial score (nSPS) is 10.1. The van der Waals surface area contributed by atoms with Crippen LogP contribution in [0.3, 0.4) is 0 Å². The predicted molar refractivity (Wildman–Crippen MR) is 78.2 cm³/mol. The fraction of sp³-hybridized carbons (Fsp3) is 0.462. The second-order valence-electron chi connectivity index (χ2n) is 4.15. The molecule has 0 unspecified atom stereocenters. The molecule has 1 aromatic heterocycles. The van der Waals surface area contributed by atoms with Crippen LogP contribution in [0.15, 0.2) is 18.0 Å². The van der Waals surface area contributed by atoms with Gasteiger partial charge >= 0.3 is 12.0 Å². The Morgan fingerprint density at radius 3 is 2.90 bits per heavy atom. The van der Waals surface area contributed by atoms with Gasteiger partial charge in [-0.2, -0.15) is 0 Å². The molecule has 20 heavy (non-hydrogen) atoms. The minimum atomic E-state index is -1.03. The third-order valence-electron chi connectivity index (χ3n) is 2.52. The molecule has 0 radical (unpaired) electrons. The molecule has 0 aliphatic carbocycles. The standard InChI is InChI=1S/C13H19N3O3S/c1-3-7-16(8-4-2)13(19)14-6-5-11-15-10(9-20-11)12(17)18/h3,9H,1,4-8H2,2H3,(H,14,19)(H,17,18). The molecule has 6 nitrogen and oxygen atoms in total. The maximum Gasteiger partial charge on any atom is 0.355 e. The molecular formula is C13H19N3O3S. The zero-order chi connectivity index (χ0) is 15.0. The molecule has 0 atom stereocenters. The van der Waals surface area contributed by atoms with Gasteiger partial charge in [-0.15, -0.1) is 17.9 Å². The molecule has 1 aromatic rings. The largest absolute Gasteiger partial charge is 0.476 e. The first kappa shape index (κ1) is 16.2. The summed E-state index contributed by atoms with van der Waals surface area (Å²) >= 11 is 1.29. The second kappa shape index (κ2) is 8.31. The van der Waals surface area contributed by atoms with E-state index >= 15 is 0 Å². The van der Waals surface area contributed by atoms with Crippen LogP contribution < -0.4 is 5.32 Å². The number of carbonyl (C=O) groups is 2. The van der Waals surface area contributed by atoms with E-state index in [-0.39, 0.29) is 11.7 Å². The van der Waals surface area contributed by atoms with E-state index in [2.05, 4.69) is 16.9 Å². The van der Waals surface area contributed by atoms with Crippen molar-refractivity contribution >= 4 is 23.3 Å². The average molecular weight is 297 g/mol. The Labute approximate surface area is 122 Å². The number of carboxylic acid groups (broad SMARTS) is 1. The average Bonchev–Trinajstić information content (AvgIpc) is 2.87. The Kier molecular flexibility index (Phi) is 6.72. The number of hydrogen-bond donors (Lipinski definition) is 2. The van der Waals surface area contributed by atoms with Gasteiger partial charge in [0.05, 0.1) is 5.01 Å². The van der Waals surface area contributed by atoms with Crippen LogP contribution in [-0.4, -0.2) is 46.6 Å². The molecule has 2 amide bonds. The zero-order valence-electron chi connectivity index (χ0n) is 11.5. The molecule has 0 spiro atoms. The van der Waals surface area contributed by atoms with E-state index in [0.29, 0.717) is 31.1 Å². The number of rotatable bonds is 8. The van der Waals surface area contributed by atoms with Crippen molar-refractivity contribution in [2.75, 3.05) is 19.6 Å². The predicted octanol–water partition coefficient (Wildman–Crippen LogP) is 1.99.